The summed E-state index contributed by atoms with van der Waals surface area (Å²) in [5.41, 5.74) is 0.533. The minimum Gasteiger partial charge on any atom is -0.481 e. The van der Waals surface area contributed by atoms with Gasteiger partial charge in [-0.1, -0.05) is 30.3 Å². The van der Waals surface area contributed by atoms with Crippen LogP contribution in [0.1, 0.15) is 31.2 Å². The van der Waals surface area contributed by atoms with Crippen molar-refractivity contribution in [2.45, 2.75) is 50.3 Å². The fraction of sp³-hybridized carbons (Fsp3) is 0.588. The third-order valence-corrected chi connectivity index (χ3v) is 5.01. The predicted molar refractivity (Wildman–Crippen MR) is 80.2 cm³/mol. The summed E-state index contributed by atoms with van der Waals surface area (Å²) in [5.74, 6) is -0.659. The maximum Gasteiger partial charge on any atom is 0.310 e. The second kappa shape index (κ2) is 5.78. The SMILES string of the molecule is COC1CC(NC2CC(Cc3ccccc3)(C(=O)O)C2)C1. The Morgan fingerprint density at radius 3 is 2.52 bits per heavy atom. The summed E-state index contributed by atoms with van der Waals surface area (Å²) in [6.45, 7) is 0. The first-order valence-electron chi connectivity index (χ1n) is 7.67. The summed E-state index contributed by atoms with van der Waals surface area (Å²) < 4.78 is 5.27. The summed E-state index contributed by atoms with van der Waals surface area (Å²) in [7, 11) is 1.75. The minimum atomic E-state index is -0.659. The van der Waals surface area contributed by atoms with Gasteiger partial charge in [-0.2, -0.15) is 0 Å². The number of nitrogens with one attached hydrogen (secondary N) is 1. The Morgan fingerprint density at radius 2 is 1.95 bits per heavy atom. The molecule has 1 aromatic rings. The van der Waals surface area contributed by atoms with E-state index in [1.807, 2.05) is 30.3 Å². The largest absolute Gasteiger partial charge is 0.481 e. The molecule has 0 bridgehead atoms. The Hall–Kier alpha value is -1.39. The second-order valence-electron chi connectivity index (χ2n) is 6.55. The minimum absolute atomic E-state index is 0.340. The highest BCUT2D eigenvalue weighted by Gasteiger charge is 2.51. The molecule has 2 saturated carbocycles. The highest BCUT2D eigenvalue weighted by atomic mass is 16.5. The molecule has 1 aromatic carbocycles. The van der Waals surface area contributed by atoms with Crippen LogP contribution in [-0.4, -0.2) is 36.4 Å². The fourth-order valence-corrected chi connectivity index (χ4v) is 3.61. The Bertz CT molecular complexity index is 490. The van der Waals surface area contributed by atoms with Gasteiger partial charge >= 0.3 is 5.97 Å². The average Bonchev–Trinajstić information content (AvgIpc) is 2.39. The van der Waals surface area contributed by atoms with E-state index in [4.69, 9.17) is 4.74 Å². The molecule has 0 radical (unpaired) electrons. The number of methoxy groups -OCH3 is 1. The van der Waals surface area contributed by atoms with Crippen LogP contribution in [0.2, 0.25) is 0 Å². The van der Waals surface area contributed by atoms with Gasteiger partial charge in [-0.05, 0) is 37.7 Å². The molecule has 3 rings (SSSR count). The van der Waals surface area contributed by atoms with E-state index in [-0.39, 0.29) is 0 Å². The standard InChI is InChI=1S/C17H23NO3/c1-21-15-7-13(8-15)18-14-10-17(11-14,16(19)20)9-12-5-3-2-4-6-12/h2-6,13-15,18H,7-11H2,1H3,(H,19,20). The molecular weight excluding hydrogens is 266 g/mol. The van der Waals surface area contributed by atoms with Crippen molar-refractivity contribution in [1.29, 1.82) is 0 Å². The molecule has 4 nitrogen and oxygen atoms in total. The highest BCUT2D eigenvalue weighted by molar-refractivity contribution is 5.76. The summed E-state index contributed by atoms with van der Waals surface area (Å²) >= 11 is 0. The molecule has 2 fully saturated rings. The van der Waals surface area contributed by atoms with Crippen molar-refractivity contribution in [2.75, 3.05) is 7.11 Å². The number of ether oxygens (including phenoxy) is 1. The number of benzene rings is 1. The van der Waals surface area contributed by atoms with Crippen LogP contribution in [-0.2, 0) is 16.0 Å². The molecule has 2 N–H and O–H groups in total. The normalized spacial score (nSPS) is 34.8. The number of carbonyl (C=O) groups is 1. The number of carboxylic acids is 1. The predicted octanol–water partition coefficient (Wildman–Crippen LogP) is 2.23. The van der Waals surface area contributed by atoms with Gasteiger partial charge in [0.15, 0.2) is 0 Å². The Balaban J connectivity index is 1.53. The quantitative estimate of drug-likeness (QED) is 0.843. The first-order chi connectivity index (χ1) is 10.1. The maximum atomic E-state index is 11.7. The molecule has 0 aliphatic heterocycles. The molecule has 2 aliphatic rings. The summed E-state index contributed by atoms with van der Waals surface area (Å²) in [4.78, 5) is 11.7. The number of carboxylic acid groups (broad SMARTS) is 1. The van der Waals surface area contributed by atoms with Crippen LogP contribution in [0.15, 0.2) is 30.3 Å². The van der Waals surface area contributed by atoms with E-state index in [9.17, 15) is 9.90 Å². The van der Waals surface area contributed by atoms with Gasteiger partial charge in [0.2, 0.25) is 0 Å². The Morgan fingerprint density at radius 1 is 1.29 bits per heavy atom. The van der Waals surface area contributed by atoms with Crippen LogP contribution in [0.25, 0.3) is 0 Å². The molecule has 0 heterocycles. The number of hydrogen-bond donors (Lipinski definition) is 2. The van der Waals surface area contributed by atoms with Gasteiger partial charge in [0, 0.05) is 19.2 Å². The van der Waals surface area contributed by atoms with Gasteiger partial charge in [0.1, 0.15) is 0 Å². The van der Waals surface area contributed by atoms with Crippen molar-refractivity contribution < 1.29 is 14.6 Å². The van der Waals surface area contributed by atoms with Crippen molar-refractivity contribution in [3.8, 4) is 0 Å². The molecule has 0 amide bonds. The van der Waals surface area contributed by atoms with Crippen molar-refractivity contribution in [3.63, 3.8) is 0 Å². The van der Waals surface area contributed by atoms with Gasteiger partial charge in [0.25, 0.3) is 0 Å². The van der Waals surface area contributed by atoms with Crippen molar-refractivity contribution in [3.05, 3.63) is 35.9 Å². The van der Waals surface area contributed by atoms with E-state index in [1.165, 1.54) is 0 Å². The van der Waals surface area contributed by atoms with E-state index >= 15 is 0 Å². The summed E-state index contributed by atoms with van der Waals surface area (Å²) in [6.07, 6.45) is 4.57. The monoisotopic (exact) mass is 289 g/mol. The number of hydrogen-bond acceptors (Lipinski definition) is 3. The Kier molecular flexibility index (Phi) is 4.00. The van der Waals surface area contributed by atoms with Crippen molar-refractivity contribution in [2.24, 2.45) is 5.41 Å². The molecule has 2 aliphatic carbocycles. The van der Waals surface area contributed by atoms with Crippen LogP contribution >= 0.6 is 0 Å². The van der Waals surface area contributed by atoms with Crippen LogP contribution < -0.4 is 5.32 Å². The lowest BCUT2D eigenvalue weighted by Crippen LogP contribution is -2.59. The van der Waals surface area contributed by atoms with E-state index in [0.29, 0.717) is 24.6 Å². The number of rotatable bonds is 6. The first kappa shape index (κ1) is 14.5. The second-order valence-corrected chi connectivity index (χ2v) is 6.55. The first-order valence-corrected chi connectivity index (χ1v) is 7.67. The third kappa shape index (κ3) is 2.97. The average molecular weight is 289 g/mol. The van der Waals surface area contributed by atoms with Gasteiger partial charge in [-0.15, -0.1) is 0 Å². The van der Waals surface area contributed by atoms with Crippen LogP contribution in [0.5, 0.6) is 0 Å². The Labute approximate surface area is 125 Å². The van der Waals surface area contributed by atoms with Gasteiger partial charge < -0.3 is 15.2 Å². The summed E-state index contributed by atoms with van der Waals surface area (Å²) in [5, 5.41) is 13.2. The molecule has 4 heteroatoms. The topological polar surface area (TPSA) is 58.6 Å². The summed E-state index contributed by atoms with van der Waals surface area (Å²) in [6, 6.07) is 10.8. The van der Waals surface area contributed by atoms with E-state index < -0.39 is 11.4 Å². The van der Waals surface area contributed by atoms with Crippen molar-refractivity contribution in [1.82, 2.24) is 5.32 Å². The zero-order valence-corrected chi connectivity index (χ0v) is 12.4. The molecular formula is C17H23NO3. The van der Waals surface area contributed by atoms with Crippen LogP contribution in [0.3, 0.4) is 0 Å². The van der Waals surface area contributed by atoms with E-state index in [2.05, 4.69) is 5.32 Å². The molecule has 0 aromatic heterocycles. The molecule has 0 atom stereocenters. The smallest absolute Gasteiger partial charge is 0.310 e. The van der Waals surface area contributed by atoms with Gasteiger partial charge in [-0.25, -0.2) is 0 Å². The van der Waals surface area contributed by atoms with Crippen LogP contribution in [0.4, 0.5) is 0 Å². The molecule has 21 heavy (non-hydrogen) atoms. The molecule has 0 spiro atoms. The lowest BCUT2D eigenvalue weighted by molar-refractivity contribution is -0.156. The molecule has 0 saturated heterocycles. The fourth-order valence-electron chi connectivity index (χ4n) is 3.61. The van der Waals surface area contributed by atoms with Gasteiger partial charge in [0.05, 0.1) is 11.5 Å². The van der Waals surface area contributed by atoms with E-state index in [0.717, 1.165) is 31.2 Å². The van der Waals surface area contributed by atoms with E-state index in [1.54, 1.807) is 7.11 Å². The third-order valence-electron chi connectivity index (χ3n) is 5.01. The van der Waals surface area contributed by atoms with Crippen molar-refractivity contribution >= 4 is 5.97 Å². The van der Waals surface area contributed by atoms with Crippen LogP contribution in [0, 0.1) is 5.41 Å². The lowest BCUT2D eigenvalue weighted by Gasteiger charge is -2.48. The number of aliphatic carboxylic acids is 1. The molecule has 0 unspecified atom stereocenters. The maximum absolute atomic E-state index is 11.7. The van der Waals surface area contributed by atoms with Gasteiger partial charge in [-0.3, -0.25) is 4.79 Å². The zero-order chi connectivity index (χ0) is 14.9. The molecule has 114 valence electrons. The zero-order valence-electron chi connectivity index (χ0n) is 12.4. The highest BCUT2D eigenvalue weighted by Crippen LogP contribution is 2.45. The lowest BCUT2D eigenvalue weighted by atomic mass is 9.62.